The summed E-state index contributed by atoms with van der Waals surface area (Å²) < 4.78 is 39.2. The minimum Gasteiger partial charge on any atom is -0.496 e. The quantitative estimate of drug-likeness (QED) is 0.493. The summed E-state index contributed by atoms with van der Waals surface area (Å²) in [6, 6.07) is 17.2. The molecule has 0 saturated heterocycles. The van der Waals surface area contributed by atoms with E-state index in [9.17, 15) is 13.2 Å². The molecule has 0 fully saturated rings. The molecule has 0 bridgehead atoms. The molecule has 2 N–H and O–H groups in total. The SMILES string of the molecule is COc1ccc(C)cc1CCNC(=O)c1ccc(OC)c(S(=O)(=O)Nc2ccc(C)cc2)c1. The largest absolute Gasteiger partial charge is 0.496 e. The summed E-state index contributed by atoms with van der Waals surface area (Å²) in [6.07, 6.45) is 0.576. The molecule has 0 aliphatic carbocycles. The predicted molar refractivity (Wildman–Crippen MR) is 129 cm³/mol. The van der Waals surface area contributed by atoms with Gasteiger partial charge in [-0.3, -0.25) is 9.52 Å². The number of aryl methyl sites for hydroxylation is 2. The van der Waals surface area contributed by atoms with E-state index in [1.54, 1.807) is 19.2 Å². The Morgan fingerprint density at radius 1 is 0.848 bits per heavy atom. The Morgan fingerprint density at radius 3 is 2.15 bits per heavy atom. The lowest BCUT2D eigenvalue weighted by atomic mass is 10.1. The number of hydrogen-bond acceptors (Lipinski definition) is 5. The Kier molecular flexibility index (Phi) is 7.60. The summed E-state index contributed by atoms with van der Waals surface area (Å²) >= 11 is 0. The van der Waals surface area contributed by atoms with Crippen LogP contribution in [0.15, 0.2) is 65.6 Å². The van der Waals surface area contributed by atoms with E-state index in [-0.39, 0.29) is 22.1 Å². The third-order valence-corrected chi connectivity index (χ3v) is 6.54. The van der Waals surface area contributed by atoms with Crippen LogP contribution in [0.1, 0.15) is 27.0 Å². The molecule has 0 heterocycles. The minimum atomic E-state index is -3.97. The van der Waals surface area contributed by atoms with Crippen molar-refractivity contribution in [2.24, 2.45) is 0 Å². The highest BCUT2D eigenvalue weighted by molar-refractivity contribution is 7.92. The topological polar surface area (TPSA) is 93.7 Å². The second kappa shape index (κ2) is 10.4. The molecule has 0 spiro atoms. The molecule has 0 saturated carbocycles. The number of anilines is 1. The molecule has 0 atom stereocenters. The zero-order chi connectivity index (χ0) is 24.0. The van der Waals surface area contributed by atoms with Crippen LogP contribution in [0.2, 0.25) is 0 Å². The van der Waals surface area contributed by atoms with Gasteiger partial charge in [0.25, 0.3) is 15.9 Å². The second-order valence-electron chi connectivity index (χ2n) is 7.66. The van der Waals surface area contributed by atoms with Gasteiger partial charge in [-0.2, -0.15) is 0 Å². The van der Waals surface area contributed by atoms with Crippen molar-refractivity contribution in [1.82, 2.24) is 5.32 Å². The van der Waals surface area contributed by atoms with Crippen molar-refractivity contribution in [1.29, 1.82) is 0 Å². The fourth-order valence-corrected chi connectivity index (χ4v) is 4.63. The van der Waals surface area contributed by atoms with Gasteiger partial charge < -0.3 is 14.8 Å². The van der Waals surface area contributed by atoms with Gasteiger partial charge in [0.2, 0.25) is 0 Å². The van der Waals surface area contributed by atoms with E-state index in [4.69, 9.17) is 9.47 Å². The highest BCUT2D eigenvalue weighted by atomic mass is 32.2. The molecule has 8 heteroatoms. The van der Waals surface area contributed by atoms with Crippen LogP contribution in [0.5, 0.6) is 11.5 Å². The predicted octanol–water partition coefficient (Wildman–Crippen LogP) is 4.09. The van der Waals surface area contributed by atoms with Crippen molar-refractivity contribution in [2.75, 3.05) is 25.5 Å². The number of hydrogen-bond donors (Lipinski definition) is 2. The van der Waals surface area contributed by atoms with E-state index >= 15 is 0 Å². The molecule has 0 aliphatic rings. The zero-order valence-corrected chi connectivity index (χ0v) is 20.0. The van der Waals surface area contributed by atoms with Crippen molar-refractivity contribution >= 4 is 21.6 Å². The van der Waals surface area contributed by atoms with E-state index in [1.165, 1.54) is 25.3 Å². The lowest BCUT2D eigenvalue weighted by Gasteiger charge is -2.14. The third kappa shape index (κ3) is 6.04. The van der Waals surface area contributed by atoms with Crippen molar-refractivity contribution in [2.45, 2.75) is 25.2 Å². The summed E-state index contributed by atoms with van der Waals surface area (Å²) in [5, 5.41) is 2.84. The van der Waals surface area contributed by atoms with Crippen LogP contribution in [0.3, 0.4) is 0 Å². The summed E-state index contributed by atoms with van der Waals surface area (Å²) in [7, 11) is -0.982. The van der Waals surface area contributed by atoms with E-state index in [1.807, 2.05) is 44.2 Å². The van der Waals surface area contributed by atoms with Gasteiger partial charge >= 0.3 is 0 Å². The van der Waals surface area contributed by atoms with Crippen molar-refractivity contribution < 1.29 is 22.7 Å². The molecule has 33 heavy (non-hydrogen) atoms. The number of carbonyl (C=O) groups is 1. The number of nitrogens with one attached hydrogen (secondary N) is 2. The van der Waals surface area contributed by atoms with E-state index in [0.717, 1.165) is 22.4 Å². The van der Waals surface area contributed by atoms with Crippen LogP contribution in [0, 0.1) is 13.8 Å². The third-order valence-electron chi connectivity index (χ3n) is 5.13. The molecule has 0 unspecified atom stereocenters. The Hall–Kier alpha value is -3.52. The molecule has 1 amide bonds. The van der Waals surface area contributed by atoms with Gasteiger partial charge in [0.15, 0.2) is 0 Å². The number of benzene rings is 3. The Bertz CT molecular complexity index is 1240. The summed E-state index contributed by atoms with van der Waals surface area (Å²) in [5.41, 5.74) is 3.74. The van der Waals surface area contributed by atoms with Crippen LogP contribution in [0.25, 0.3) is 0 Å². The van der Waals surface area contributed by atoms with Gasteiger partial charge in [-0.05, 0) is 62.2 Å². The van der Waals surface area contributed by atoms with Crippen LogP contribution >= 0.6 is 0 Å². The van der Waals surface area contributed by atoms with Crippen LogP contribution < -0.4 is 19.5 Å². The Labute approximate surface area is 194 Å². The average Bonchev–Trinajstić information content (AvgIpc) is 2.80. The molecular formula is C25H28N2O5S. The fourth-order valence-electron chi connectivity index (χ4n) is 3.38. The highest BCUT2D eigenvalue weighted by Gasteiger charge is 2.22. The molecule has 174 valence electrons. The smallest absolute Gasteiger partial charge is 0.265 e. The first-order valence-corrected chi connectivity index (χ1v) is 11.9. The first-order chi connectivity index (χ1) is 15.7. The number of sulfonamides is 1. The van der Waals surface area contributed by atoms with Crippen molar-refractivity contribution in [3.8, 4) is 11.5 Å². The van der Waals surface area contributed by atoms with E-state index < -0.39 is 10.0 Å². The monoisotopic (exact) mass is 468 g/mol. The maximum Gasteiger partial charge on any atom is 0.265 e. The molecule has 3 aromatic rings. The van der Waals surface area contributed by atoms with Crippen LogP contribution in [-0.4, -0.2) is 35.1 Å². The fraction of sp³-hybridized carbons (Fsp3) is 0.240. The summed E-state index contributed by atoms with van der Waals surface area (Å²) in [4.78, 5) is 12.6. The standard InChI is InChI=1S/C25H28N2O5S/c1-17-5-9-21(10-6-17)27-33(29,30)24-16-20(8-12-23(24)32-4)25(28)26-14-13-19-15-18(2)7-11-22(19)31-3/h5-12,15-16,27H,13-14H2,1-4H3,(H,26,28). The first-order valence-electron chi connectivity index (χ1n) is 10.4. The van der Waals surface area contributed by atoms with Gasteiger partial charge in [-0.15, -0.1) is 0 Å². The van der Waals surface area contributed by atoms with Gasteiger partial charge in [0.1, 0.15) is 16.4 Å². The Balaban J connectivity index is 1.76. The average molecular weight is 469 g/mol. The van der Waals surface area contributed by atoms with Gasteiger partial charge in [-0.25, -0.2) is 8.42 Å². The van der Waals surface area contributed by atoms with Crippen LogP contribution in [0.4, 0.5) is 5.69 Å². The highest BCUT2D eigenvalue weighted by Crippen LogP contribution is 2.27. The van der Waals surface area contributed by atoms with E-state index in [0.29, 0.717) is 18.7 Å². The number of ether oxygens (including phenoxy) is 2. The number of amides is 1. The van der Waals surface area contributed by atoms with Gasteiger partial charge in [-0.1, -0.05) is 35.4 Å². The second-order valence-corrected chi connectivity index (χ2v) is 9.31. The van der Waals surface area contributed by atoms with Crippen molar-refractivity contribution in [3.05, 3.63) is 82.9 Å². The maximum atomic E-state index is 13.0. The normalized spacial score (nSPS) is 11.0. The lowest BCUT2D eigenvalue weighted by molar-refractivity contribution is 0.0953. The Morgan fingerprint density at radius 2 is 1.48 bits per heavy atom. The van der Waals surface area contributed by atoms with E-state index in [2.05, 4.69) is 10.0 Å². The lowest BCUT2D eigenvalue weighted by Crippen LogP contribution is -2.26. The van der Waals surface area contributed by atoms with Crippen LogP contribution in [-0.2, 0) is 16.4 Å². The molecule has 3 aromatic carbocycles. The summed E-state index contributed by atoms with van der Waals surface area (Å²) in [5.74, 6) is 0.529. The number of rotatable bonds is 9. The number of carbonyl (C=O) groups excluding carboxylic acids is 1. The minimum absolute atomic E-state index is 0.112. The molecule has 0 radical (unpaired) electrons. The van der Waals surface area contributed by atoms with Gasteiger partial charge in [0, 0.05) is 17.8 Å². The molecular weight excluding hydrogens is 440 g/mol. The maximum absolute atomic E-state index is 13.0. The van der Waals surface area contributed by atoms with Gasteiger partial charge in [0.05, 0.1) is 14.2 Å². The number of methoxy groups -OCH3 is 2. The molecule has 7 nitrogen and oxygen atoms in total. The van der Waals surface area contributed by atoms with Crippen molar-refractivity contribution in [3.63, 3.8) is 0 Å². The zero-order valence-electron chi connectivity index (χ0n) is 19.1. The first kappa shape index (κ1) is 24.1. The molecule has 3 rings (SSSR count). The summed E-state index contributed by atoms with van der Waals surface area (Å²) in [6.45, 7) is 4.28. The molecule has 0 aliphatic heterocycles. The molecule has 0 aromatic heterocycles.